The number of hydrogen-bond donors (Lipinski definition) is 0. The van der Waals surface area contributed by atoms with Crippen LogP contribution in [0.4, 0.5) is 13.2 Å². The third kappa shape index (κ3) is 4.07. The lowest BCUT2D eigenvalue weighted by atomic mass is 10.3. The number of hydrogen-bond acceptors (Lipinski definition) is 4. The lowest BCUT2D eigenvalue weighted by molar-refractivity contribution is -0.127. The van der Waals surface area contributed by atoms with E-state index in [4.69, 9.17) is 0 Å². The van der Waals surface area contributed by atoms with Crippen LogP contribution < -0.4 is 0 Å². The fraction of sp³-hybridized carbons (Fsp3) is 0.235. The summed E-state index contributed by atoms with van der Waals surface area (Å²) in [7, 11) is -4.33. The molecule has 1 aromatic heterocycles. The Morgan fingerprint density at radius 2 is 1.74 bits per heavy atom. The Morgan fingerprint density at radius 3 is 2.37 bits per heavy atom. The molecule has 1 fully saturated rings. The monoisotopic (exact) mass is 416 g/mol. The number of sulfonamides is 1. The van der Waals surface area contributed by atoms with E-state index in [1.54, 1.807) is 6.08 Å². The average molecular weight is 416 g/mol. The lowest BCUT2D eigenvalue weighted by Gasteiger charge is -2.33. The van der Waals surface area contributed by atoms with Gasteiger partial charge in [0.2, 0.25) is 15.9 Å². The van der Waals surface area contributed by atoms with Crippen molar-refractivity contribution in [2.75, 3.05) is 26.2 Å². The van der Waals surface area contributed by atoms with Crippen LogP contribution in [-0.2, 0) is 14.8 Å². The first kappa shape index (κ1) is 19.6. The molecule has 5 nitrogen and oxygen atoms in total. The third-order valence-corrected chi connectivity index (χ3v) is 6.85. The van der Waals surface area contributed by atoms with Crippen molar-refractivity contribution in [2.45, 2.75) is 4.90 Å². The Labute approximate surface area is 158 Å². The SMILES string of the molecule is O=C(/C=C/c1cccs1)N1CCN(S(=O)(=O)c2ccc(F)c(F)c2F)CC1. The maximum atomic E-state index is 13.9. The smallest absolute Gasteiger partial charge is 0.246 e. The number of rotatable bonds is 4. The molecule has 10 heteroatoms. The van der Waals surface area contributed by atoms with E-state index in [0.717, 1.165) is 9.18 Å². The Balaban J connectivity index is 1.68. The molecule has 2 heterocycles. The summed E-state index contributed by atoms with van der Waals surface area (Å²) in [6.07, 6.45) is 3.08. The van der Waals surface area contributed by atoms with Crippen molar-refractivity contribution >= 4 is 33.3 Å². The molecule has 0 aliphatic carbocycles. The molecular formula is C17H15F3N2O3S2. The summed E-state index contributed by atoms with van der Waals surface area (Å²) in [6, 6.07) is 4.98. The van der Waals surface area contributed by atoms with Gasteiger partial charge in [-0.2, -0.15) is 4.31 Å². The molecule has 0 unspecified atom stereocenters. The van der Waals surface area contributed by atoms with Crippen molar-refractivity contribution < 1.29 is 26.4 Å². The van der Waals surface area contributed by atoms with Crippen LogP contribution in [0.15, 0.2) is 40.6 Å². The van der Waals surface area contributed by atoms with Gasteiger partial charge in [-0.3, -0.25) is 4.79 Å². The quantitative estimate of drug-likeness (QED) is 0.569. The molecule has 1 aliphatic heterocycles. The van der Waals surface area contributed by atoms with Gasteiger partial charge in [0.1, 0.15) is 4.90 Å². The minimum absolute atomic E-state index is 0.0701. The van der Waals surface area contributed by atoms with Crippen LogP contribution in [0, 0.1) is 17.5 Å². The fourth-order valence-corrected chi connectivity index (χ4v) is 4.74. The second-order valence-electron chi connectivity index (χ2n) is 5.75. The Bertz CT molecular complexity index is 968. The van der Waals surface area contributed by atoms with E-state index < -0.39 is 32.4 Å². The molecule has 27 heavy (non-hydrogen) atoms. The summed E-state index contributed by atoms with van der Waals surface area (Å²) in [5, 5.41) is 1.88. The zero-order valence-corrected chi connectivity index (χ0v) is 15.6. The first-order chi connectivity index (χ1) is 12.8. The number of thiophene rings is 1. The summed E-state index contributed by atoms with van der Waals surface area (Å²) in [5.41, 5.74) is 0. The second-order valence-corrected chi connectivity index (χ2v) is 8.64. The fourth-order valence-electron chi connectivity index (χ4n) is 2.64. The lowest BCUT2D eigenvalue weighted by Crippen LogP contribution is -2.50. The van der Waals surface area contributed by atoms with Crippen molar-refractivity contribution in [1.82, 2.24) is 9.21 Å². The first-order valence-electron chi connectivity index (χ1n) is 7.95. The molecule has 3 rings (SSSR count). The molecule has 0 radical (unpaired) electrons. The maximum absolute atomic E-state index is 13.9. The van der Waals surface area contributed by atoms with Crippen LogP contribution in [0.5, 0.6) is 0 Å². The number of amides is 1. The topological polar surface area (TPSA) is 57.7 Å². The normalized spacial score (nSPS) is 16.2. The van der Waals surface area contributed by atoms with Gasteiger partial charge in [-0.15, -0.1) is 11.3 Å². The maximum Gasteiger partial charge on any atom is 0.246 e. The van der Waals surface area contributed by atoms with E-state index in [0.29, 0.717) is 12.1 Å². The van der Waals surface area contributed by atoms with Crippen molar-refractivity contribution in [3.8, 4) is 0 Å². The highest BCUT2D eigenvalue weighted by Gasteiger charge is 2.33. The van der Waals surface area contributed by atoms with Gasteiger partial charge in [-0.05, 0) is 29.7 Å². The molecule has 144 valence electrons. The number of piperazine rings is 1. The van der Waals surface area contributed by atoms with Gasteiger partial charge in [-0.25, -0.2) is 21.6 Å². The molecular weight excluding hydrogens is 401 g/mol. The largest absolute Gasteiger partial charge is 0.337 e. The molecule has 0 N–H and O–H groups in total. The Morgan fingerprint density at radius 1 is 1.04 bits per heavy atom. The minimum Gasteiger partial charge on any atom is -0.337 e. The van der Waals surface area contributed by atoms with Crippen molar-refractivity contribution in [3.63, 3.8) is 0 Å². The van der Waals surface area contributed by atoms with E-state index in [1.807, 2.05) is 17.5 Å². The van der Waals surface area contributed by atoms with E-state index >= 15 is 0 Å². The minimum atomic E-state index is -4.33. The van der Waals surface area contributed by atoms with Gasteiger partial charge >= 0.3 is 0 Å². The Kier molecular flexibility index (Phi) is 5.68. The number of carbonyl (C=O) groups is 1. The highest BCUT2D eigenvalue weighted by atomic mass is 32.2. The number of benzene rings is 1. The summed E-state index contributed by atoms with van der Waals surface area (Å²) in [6.45, 7) is 0.0784. The number of nitrogens with zero attached hydrogens (tertiary/aromatic N) is 2. The van der Waals surface area contributed by atoms with Gasteiger partial charge in [0.25, 0.3) is 0 Å². The molecule has 2 aromatic rings. The number of carbonyl (C=O) groups excluding carboxylic acids is 1. The van der Waals surface area contributed by atoms with Crippen LogP contribution in [0.25, 0.3) is 6.08 Å². The predicted molar refractivity (Wildman–Crippen MR) is 95.0 cm³/mol. The van der Waals surface area contributed by atoms with Crippen molar-refractivity contribution in [3.05, 3.63) is 58.1 Å². The molecule has 0 bridgehead atoms. The predicted octanol–water partition coefficient (Wildman–Crippen LogP) is 2.71. The van der Waals surface area contributed by atoms with E-state index in [1.165, 1.54) is 22.3 Å². The standard InChI is InChI=1S/C17H15F3N2O3S2/c18-13-4-5-14(17(20)16(13)19)27(24,25)22-9-7-21(8-10-22)15(23)6-3-12-2-1-11-26-12/h1-6,11H,7-10H2/b6-3+. The van der Waals surface area contributed by atoms with Crippen molar-refractivity contribution in [1.29, 1.82) is 0 Å². The van der Waals surface area contributed by atoms with Crippen LogP contribution in [-0.4, -0.2) is 49.7 Å². The van der Waals surface area contributed by atoms with E-state index in [-0.39, 0.29) is 32.1 Å². The zero-order valence-electron chi connectivity index (χ0n) is 13.9. The second kappa shape index (κ2) is 7.83. The summed E-state index contributed by atoms with van der Waals surface area (Å²) in [4.78, 5) is 13.6. The van der Waals surface area contributed by atoms with Crippen molar-refractivity contribution in [2.24, 2.45) is 0 Å². The summed E-state index contributed by atoms with van der Waals surface area (Å²) in [5.74, 6) is -5.30. The molecule has 1 aliphatic rings. The van der Waals surface area contributed by atoms with Gasteiger partial charge < -0.3 is 4.90 Å². The highest BCUT2D eigenvalue weighted by molar-refractivity contribution is 7.89. The summed E-state index contributed by atoms with van der Waals surface area (Å²) >= 11 is 1.48. The molecule has 0 atom stereocenters. The third-order valence-electron chi connectivity index (χ3n) is 4.10. The van der Waals surface area contributed by atoms with E-state index in [9.17, 15) is 26.4 Å². The average Bonchev–Trinajstić information content (AvgIpc) is 3.17. The van der Waals surface area contributed by atoms with Gasteiger partial charge in [0.15, 0.2) is 17.5 Å². The summed E-state index contributed by atoms with van der Waals surface area (Å²) < 4.78 is 66.2. The molecule has 1 aromatic carbocycles. The highest BCUT2D eigenvalue weighted by Crippen LogP contribution is 2.24. The molecule has 0 saturated carbocycles. The van der Waals surface area contributed by atoms with Crippen LogP contribution in [0.3, 0.4) is 0 Å². The van der Waals surface area contributed by atoms with Crippen LogP contribution in [0.2, 0.25) is 0 Å². The molecule has 1 amide bonds. The van der Waals surface area contributed by atoms with Crippen LogP contribution in [0.1, 0.15) is 4.88 Å². The zero-order chi connectivity index (χ0) is 19.6. The van der Waals surface area contributed by atoms with Gasteiger partial charge in [0.05, 0.1) is 0 Å². The molecule has 1 saturated heterocycles. The molecule has 0 spiro atoms. The van der Waals surface area contributed by atoms with Gasteiger partial charge in [0, 0.05) is 37.1 Å². The number of halogens is 3. The van der Waals surface area contributed by atoms with E-state index in [2.05, 4.69) is 0 Å². The Hall–Kier alpha value is -2.17. The first-order valence-corrected chi connectivity index (χ1v) is 10.3. The van der Waals surface area contributed by atoms with Gasteiger partial charge in [-0.1, -0.05) is 6.07 Å². The van der Waals surface area contributed by atoms with Crippen LogP contribution >= 0.6 is 11.3 Å².